The van der Waals surface area contributed by atoms with E-state index >= 15 is 0 Å². The van der Waals surface area contributed by atoms with Crippen LogP contribution >= 0.6 is 11.3 Å². The minimum atomic E-state index is -2.97. The molecule has 0 saturated heterocycles. The van der Waals surface area contributed by atoms with Crippen molar-refractivity contribution in [2.75, 3.05) is 7.11 Å². The van der Waals surface area contributed by atoms with Crippen molar-refractivity contribution in [3.63, 3.8) is 0 Å². The maximum atomic E-state index is 12.5. The van der Waals surface area contributed by atoms with Gasteiger partial charge < -0.3 is 14.8 Å². The summed E-state index contributed by atoms with van der Waals surface area (Å²) in [6.45, 7) is -2.85. The van der Waals surface area contributed by atoms with Gasteiger partial charge in [0.2, 0.25) is 0 Å². The van der Waals surface area contributed by atoms with Gasteiger partial charge in [-0.25, -0.2) is 0 Å². The highest BCUT2D eigenvalue weighted by molar-refractivity contribution is 7.12. The number of benzene rings is 1. The Kier molecular flexibility index (Phi) is 5.37. The molecule has 0 radical (unpaired) electrons. The predicted molar refractivity (Wildman–Crippen MR) is 87.8 cm³/mol. The lowest BCUT2D eigenvalue weighted by Gasteiger charge is -2.12. The van der Waals surface area contributed by atoms with Crippen LogP contribution in [-0.2, 0) is 6.54 Å². The Hall–Kier alpha value is -3.08. The number of nitrogens with zero attached hydrogens (tertiary/aromatic N) is 4. The van der Waals surface area contributed by atoms with Crippen LogP contribution in [0.2, 0.25) is 0 Å². The average molecular weight is 381 g/mol. The average Bonchev–Trinajstić information content (AvgIpc) is 3.30. The monoisotopic (exact) mass is 381 g/mol. The van der Waals surface area contributed by atoms with Gasteiger partial charge in [-0.3, -0.25) is 4.79 Å². The van der Waals surface area contributed by atoms with E-state index in [2.05, 4.69) is 25.6 Å². The zero-order valence-corrected chi connectivity index (χ0v) is 14.2. The summed E-state index contributed by atoms with van der Waals surface area (Å²) in [5.41, 5.74) is 1.13. The maximum absolute atomic E-state index is 12.5. The first kappa shape index (κ1) is 17.7. The molecular weight excluding hydrogens is 368 g/mol. The van der Waals surface area contributed by atoms with Gasteiger partial charge in [-0.2, -0.15) is 13.5 Å². The first-order valence-electron chi connectivity index (χ1n) is 7.29. The van der Waals surface area contributed by atoms with Crippen LogP contribution in [0.15, 0.2) is 36.0 Å². The summed E-state index contributed by atoms with van der Waals surface area (Å²) in [4.78, 5) is 12.8. The van der Waals surface area contributed by atoms with Crippen LogP contribution in [0.4, 0.5) is 8.78 Å². The predicted octanol–water partition coefficient (Wildman–Crippen LogP) is 2.26. The Bertz CT molecular complexity index is 885. The highest BCUT2D eigenvalue weighted by atomic mass is 32.1. The van der Waals surface area contributed by atoms with E-state index in [9.17, 15) is 13.6 Å². The van der Waals surface area contributed by atoms with Crippen LogP contribution in [0.1, 0.15) is 15.2 Å². The van der Waals surface area contributed by atoms with Crippen molar-refractivity contribution in [1.29, 1.82) is 0 Å². The zero-order chi connectivity index (χ0) is 18.5. The van der Waals surface area contributed by atoms with E-state index in [1.165, 1.54) is 41.6 Å². The Morgan fingerprint density at radius 1 is 1.35 bits per heavy atom. The SMILES string of the molecule is COc1ccc(CNC(=O)c2sccc2-n2cnnn2)cc1OC(F)F. The minimum absolute atomic E-state index is 0.0975. The van der Waals surface area contributed by atoms with Gasteiger partial charge in [0.05, 0.1) is 12.8 Å². The first-order valence-corrected chi connectivity index (χ1v) is 8.17. The molecule has 2 aromatic heterocycles. The Balaban J connectivity index is 1.71. The van der Waals surface area contributed by atoms with Gasteiger partial charge in [-0.05, 0) is 39.6 Å². The van der Waals surface area contributed by atoms with Crippen LogP contribution in [0, 0.1) is 0 Å². The first-order chi connectivity index (χ1) is 12.6. The van der Waals surface area contributed by atoms with Crippen molar-refractivity contribution >= 4 is 17.2 Å². The molecule has 26 heavy (non-hydrogen) atoms. The van der Waals surface area contributed by atoms with Crippen LogP contribution in [0.5, 0.6) is 11.5 Å². The van der Waals surface area contributed by atoms with Crippen LogP contribution in [-0.4, -0.2) is 39.8 Å². The number of aromatic nitrogens is 4. The number of halogens is 2. The normalized spacial score (nSPS) is 10.8. The Morgan fingerprint density at radius 3 is 2.88 bits per heavy atom. The molecule has 0 spiro atoms. The van der Waals surface area contributed by atoms with Crippen molar-refractivity contribution in [2.45, 2.75) is 13.2 Å². The molecule has 0 saturated carbocycles. The highest BCUT2D eigenvalue weighted by Gasteiger charge is 2.16. The van der Waals surface area contributed by atoms with Crippen molar-refractivity contribution in [1.82, 2.24) is 25.5 Å². The van der Waals surface area contributed by atoms with Crippen LogP contribution in [0.3, 0.4) is 0 Å². The topological polar surface area (TPSA) is 91.2 Å². The molecule has 0 fully saturated rings. The molecule has 0 aliphatic heterocycles. The third-order valence-electron chi connectivity index (χ3n) is 3.34. The molecule has 0 aliphatic rings. The van der Waals surface area contributed by atoms with Gasteiger partial charge in [-0.1, -0.05) is 6.07 Å². The van der Waals surface area contributed by atoms with Crippen molar-refractivity contribution in [2.24, 2.45) is 0 Å². The molecule has 0 bridgehead atoms. The van der Waals surface area contributed by atoms with E-state index in [1.54, 1.807) is 17.5 Å². The minimum Gasteiger partial charge on any atom is -0.493 e. The summed E-state index contributed by atoms with van der Waals surface area (Å²) in [6, 6.07) is 6.25. The number of hydrogen-bond acceptors (Lipinski definition) is 7. The van der Waals surface area contributed by atoms with Gasteiger partial charge in [0.15, 0.2) is 11.5 Å². The lowest BCUT2D eigenvalue weighted by Crippen LogP contribution is -2.23. The molecule has 3 rings (SSSR count). The zero-order valence-electron chi connectivity index (χ0n) is 13.4. The number of hydrogen-bond donors (Lipinski definition) is 1. The molecule has 136 valence electrons. The molecular formula is C15H13F2N5O3S. The standard InChI is InChI=1S/C15H13F2N5O3S/c1-24-11-3-2-9(6-12(11)25-15(16)17)7-18-14(23)13-10(4-5-26-13)22-8-19-20-21-22/h2-6,8,15H,7H2,1H3,(H,18,23). The number of alkyl halides is 2. The van der Waals surface area contributed by atoms with Crippen molar-refractivity contribution < 1.29 is 23.0 Å². The molecule has 0 unspecified atom stereocenters. The van der Waals surface area contributed by atoms with E-state index in [-0.39, 0.29) is 24.0 Å². The molecule has 0 atom stereocenters. The van der Waals surface area contributed by atoms with E-state index in [0.29, 0.717) is 16.1 Å². The van der Waals surface area contributed by atoms with Crippen LogP contribution < -0.4 is 14.8 Å². The van der Waals surface area contributed by atoms with Crippen molar-refractivity contribution in [3.8, 4) is 17.2 Å². The quantitative estimate of drug-likeness (QED) is 0.675. The summed E-state index contributed by atoms with van der Waals surface area (Å²) in [5, 5.41) is 15.3. The molecule has 1 aromatic carbocycles. The largest absolute Gasteiger partial charge is 0.493 e. The van der Waals surface area contributed by atoms with Crippen molar-refractivity contribution in [3.05, 3.63) is 46.4 Å². The second-order valence-electron chi connectivity index (χ2n) is 4.94. The van der Waals surface area contributed by atoms with E-state index in [1.807, 2.05) is 0 Å². The third kappa shape index (κ3) is 3.94. The third-order valence-corrected chi connectivity index (χ3v) is 4.25. The number of amides is 1. The second-order valence-corrected chi connectivity index (χ2v) is 5.85. The maximum Gasteiger partial charge on any atom is 0.387 e. The summed E-state index contributed by atoms with van der Waals surface area (Å²) < 4.78 is 35.8. The smallest absolute Gasteiger partial charge is 0.387 e. The summed E-state index contributed by atoms with van der Waals surface area (Å²) in [7, 11) is 1.35. The molecule has 11 heteroatoms. The lowest BCUT2D eigenvalue weighted by molar-refractivity contribution is -0.0512. The molecule has 1 amide bonds. The van der Waals surface area contributed by atoms with E-state index in [0.717, 1.165) is 0 Å². The lowest BCUT2D eigenvalue weighted by atomic mass is 10.2. The number of ether oxygens (including phenoxy) is 2. The summed E-state index contributed by atoms with van der Waals surface area (Å²) in [6.07, 6.45) is 1.39. The number of thiophene rings is 1. The van der Waals surface area contributed by atoms with Gasteiger partial charge >= 0.3 is 6.61 Å². The Morgan fingerprint density at radius 2 is 2.19 bits per heavy atom. The summed E-state index contributed by atoms with van der Waals surface area (Å²) >= 11 is 1.24. The molecule has 3 aromatic rings. The molecule has 1 N–H and O–H groups in total. The highest BCUT2D eigenvalue weighted by Crippen LogP contribution is 2.29. The van der Waals surface area contributed by atoms with E-state index in [4.69, 9.17) is 4.74 Å². The number of methoxy groups -OCH3 is 1. The fraction of sp³-hybridized carbons (Fsp3) is 0.200. The fourth-order valence-corrected chi connectivity index (χ4v) is 3.00. The number of carbonyl (C=O) groups excluding carboxylic acids is 1. The molecule has 8 nitrogen and oxygen atoms in total. The Labute approximate surface area is 150 Å². The number of rotatable bonds is 7. The van der Waals surface area contributed by atoms with Gasteiger partial charge in [-0.15, -0.1) is 16.4 Å². The summed E-state index contributed by atoms with van der Waals surface area (Å²) in [5.74, 6) is -0.253. The van der Waals surface area contributed by atoms with Gasteiger partial charge in [0.25, 0.3) is 5.91 Å². The van der Waals surface area contributed by atoms with Gasteiger partial charge in [0, 0.05) is 6.54 Å². The fourth-order valence-electron chi connectivity index (χ4n) is 2.21. The number of tetrazole rings is 1. The molecule has 2 heterocycles. The second kappa shape index (κ2) is 7.87. The number of carbonyl (C=O) groups is 1. The molecule has 0 aliphatic carbocycles. The number of nitrogens with one attached hydrogen (secondary N) is 1. The van der Waals surface area contributed by atoms with Gasteiger partial charge in [0.1, 0.15) is 11.2 Å². The van der Waals surface area contributed by atoms with Crippen LogP contribution in [0.25, 0.3) is 5.69 Å². The van der Waals surface area contributed by atoms with E-state index < -0.39 is 6.61 Å².